The van der Waals surface area contributed by atoms with Crippen LogP contribution in [0, 0.1) is 6.92 Å². The maximum atomic E-state index is 13.6. The van der Waals surface area contributed by atoms with Crippen molar-refractivity contribution in [1.29, 1.82) is 0 Å². The van der Waals surface area contributed by atoms with E-state index in [9.17, 15) is 9.59 Å². The summed E-state index contributed by atoms with van der Waals surface area (Å²) >= 11 is 0. The van der Waals surface area contributed by atoms with Crippen LogP contribution in [-0.4, -0.2) is 61.0 Å². The second-order valence-electron chi connectivity index (χ2n) is 9.15. The minimum absolute atomic E-state index is 0.116. The molecule has 1 amide bonds. The molecule has 1 fully saturated rings. The summed E-state index contributed by atoms with van der Waals surface area (Å²) in [6.07, 6.45) is 0.911. The molecule has 1 N–H and O–H groups in total. The van der Waals surface area contributed by atoms with Crippen molar-refractivity contribution < 1.29 is 14.3 Å². The first-order valence-corrected chi connectivity index (χ1v) is 12.2. The molecule has 0 unspecified atom stereocenters. The lowest BCUT2D eigenvalue weighted by Crippen LogP contribution is -2.41. The number of morpholine rings is 1. The van der Waals surface area contributed by atoms with Crippen molar-refractivity contribution >= 4 is 22.8 Å². The third-order valence-corrected chi connectivity index (χ3v) is 6.01. The Bertz CT molecular complexity index is 1210. The molecule has 0 aliphatic carbocycles. The van der Waals surface area contributed by atoms with Crippen LogP contribution in [-0.2, 0) is 16.0 Å². The van der Waals surface area contributed by atoms with E-state index in [0.717, 1.165) is 12.0 Å². The van der Waals surface area contributed by atoms with Crippen molar-refractivity contribution in [2.75, 3.05) is 44.4 Å². The van der Waals surface area contributed by atoms with Gasteiger partial charge in [0.2, 0.25) is 5.95 Å². The van der Waals surface area contributed by atoms with E-state index in [4.69, 9.17) is 14.5 Å². The number of fused-ring (bicyclic) bond motifs is 1. The highest BCUT2D eigenvalue weighted by Crippen LogP contribution is 2.19. The fraction of sp³-hybridized carbons (Fsp3) is 0.444. The number of aromatic nitrogens is 2. The quantitative estimate of drug-likeness (QED) is 0.476. The van der Waals surface area contributed by atoms with Crippen LogP contribution in [0.25, 0.3) is 10.9 Å². The molecular formula is C27H34N4O4. The number of amides is 1. The highest BCUT2D eigenvalue weighted by Gasteiger charge is 2.20. The Morgan fingerprint density at radius 2 is 1.89 bits per heavy atom. The average Bonchev–Trinajstić information content (AvgIpc) is 2.86. The van der Waals surface area contributed by atoms with E-state index >= 15 is 0 Å². The molecule has 2 heterocycles. The van der Waals surface area contributed by atoms with Crippen LogP contribution in [0.1, 0.15) is 41.8 Å². The van der Waals surface area contributed by atoms with Crippen molar-refractivity contribution in [1.82, 2.24) is 14.9 Å². The van der Waals surface area contributed by atoms with Gasteiger partial charge in [0.15, 0.2) is 0 Å². The first-order valence-electron chi connectivity index (χ1n) is 12.2. The van der Waals surface area contributed by atoms with Gasteiger partial charge in [-0.05, 0) is 51.0 Å². The highest BCUT2D eigenvalue weighted by molar-refractivity contribution is 5.97. The lowest BCUT2D eigenvalue weighted by Gasteiger charge is -2.30. The van der Waals surface area contributed by atoms with Gasteiger partial charge in [0.05, 0.1) is 36.8 Å². The van der Waals surface area contributed by atoms with Gasteiger partial charge in [0.25, 0.3) is 11.5 Å². The number of hydrogen-bond acceptors (Lipinski definition) is 6. The van der Waals surface area contributed by atoms with E-state index in [1.165, 1.54) is 5.56 Å². The van der Waals surface area contributed by atoms with Crippen LogP contribution < -0.4 is 15.8 Å². The van der Waals surface area contributed by atoms with E-state index in [1.54, 1.807) is 22.8 Å². The fourth-order valence-electron chi connectivity index (χ4n) is 4.07. The molecule has 1 aliphatic rings. The number of nitrogens with one attached hydrogen (secondary N) is 1. The third kappa shape index (κ3) is 6.26. The zero-order valence-corrected chi connectivity index (χ0v) is 20.8. The summed E-state index contributed by atoms with van der Waals surface area (Å²) in [5.74, 6) is 0.421. The SMILES string of the molecule is Cc1ccc(Cn2c(N3CCOCC3)nc3cc(C(=O)NCCCOC(C)C)ccc3c2=O)cc1. The Balaban J connectivity index is 1.63. The zero-order valence-electron chi connectivity index (χ0n) is 20.8. The summed E-state index contributed by atoms with van der Waals surface area (Å²) in [5, 5.41) is 3.42. The predicted molar refractivity (Wildman–Crippen MR) is 137 cm³/mol. The van der Waals surface area contributed by atoms with Crippen molar-refractivity contribution in [2.45, 2.75) is 39.8 Å². The molecule has 4 rings (SSSR count). The molecule has 0 saturated carbocycles. The number of hydrogen-bond donors (Lipinski definition) is 1. The number of nitrogens with zero attached hydrogens (tertiary/aromatic N) is 3. The largest absolute Gasteiger partial charge is 0.379 e. The third-order valence-electron chi connectivity index (χ3n) is 6.01. The Labute approximate surface area is 205 Å². The predicted octanol–water partition coefficient (Wildman–Crippen LogP) is 3.13. The number of benzene rings is 2. The van der Waals surface area contributed by atoms with Crippen molar-refractivity contribution in [3.63, 3.8) is 0 Å². The number of aryl methyl sites for hydroxylation is 1. The summed E-state index contributed by atoms with van der Waals surface area (Å²) in [7, 11) is 0. The average molecular weight is 479 g/mol. The molecule has 186 valence electrons. The second kappa shape index (κ2) is 11.5. The van der Waals surface area contributed by atoms with Gasteiger partial charge in [-0.3, -0.25) is 14.2 Å². The normalized spacial score (nSPS) is 14.0. The summed E-state index contributed by atoms with van der Waals surface area (Å²) in [6.45, 7) is 10.0. The van der Waals surface area contributed by atoms with E-state index in [0.29, 0.717) is 68.4 Å². The molecule has 35 heavy (non-hydrogen) atoms. The standard InChI is InChI=1S/C27H34N4O4/c1-19(2)35-14-4-11-28-25(32)22-9-10-23-24(17-22)29-27(30-12-15-34-16-13-30)31(26(23)33)18-21-7-5-20(3)6-8-21/h5-10,17,19H,4,11-16,18H2,1-3H3,(H,28,32). The molecule has 0 spiro atoms. The van der Waals surface area contributed by atoms with E-state index in [-0.39, 0.29) is 17.6 Å². The van der Waals surface area contributed by atoms with Crippen LogP contribution >= 0.6 is 0 Å². The number of rotatable bonds is 9. The minimum Gasteiger partial charge on any atom is -0.379 e. The summed E-state index contributed by atoms with van der Waals surface area (Å²) < 4.78 is 12.8. The van der Waals surface area contributed by atoms with Gasteiger partial charge in [-0.1, -0.05) is 29.8 Å². The molecule has 0 bridgehead atoms. The van der Waals surface area contributed by atoms with Gasteiger partial charge in [0.1, 0.15) is 0 Å². The monoisotopic (exact) mass is 478 g/mol. The van der Waals surface area contributed by atoms with Gasteiger partial charge in [0, 0.05) is 31.8 Å². The van der Waals surface area contributed by atoms with Gasteiger partial charge < -0.3 is 19.7 Å². The van der Waals surface area contributed by atoms with Crippen LogP contribution in [0.3, 0.4) is 0 Å². The molecule has 2 aromatic carbocycles. The zero-order chi connectivity index (χ0) is 24.8. The van der Waals surface area contributed by atoms with Crippen LogP contribution in [0.15, 0.2) is 47.3 Å². The van der Waals surface area contributed by atoms with E-state index < -0.39 is 0 Å². The van der Waals surface area contributed by atoms with E-state index in [2.05, 4.69) is 10.2 Å². The Kier molecular flexibility index (Phi) is 8.15. The Morgan fingerprint density at radius 3 is 2.60 bits per heavy atom. The summed E-state index contributed by atoms with van der Waals surface area (Å²) in [6, 6.07) is 13.3. The van der Waals surface area contributed by atoms with Crippen molar-refractivity contribution in [3.05, 3.63) is 69.5 Å². The molecule has 3 aromatic rings. The summed E-state index contributed by atoms with van der Waals surface area (Å²) in [4.78, 5) is 33.3. The smallest absolute Gasteiger partial charge is 0.263 e. The second-order valence-corrected chi connectivity index (χ2v) is 9.15. The van der Waals surface area contributed by atoms with Crippen molar-refractivity contribution in [2.24, 2.45) is 0 Å². The molecule has 0 radical (unpaired) electrons. The molecule has 8 nitrogen and oxygen atoms in total. The molecule has 1 saturated heterocycles. The minimum atomic E-state index is -0.185. The Hall–Kier alpha value is -3.23. The van der Waals surface area contributed by atoms with Gasteiger partial charge in [-0.15, -0.1) is 0 Å². The van der Waals surface area contributed by atoms with Crippen molar-refractivity contribution in [3.8, 4) is 0 Å². The molecule has 1 aromatic heterocycles. The molecular weight excluding hydrogens is 444 g/mol. The van der Waals surface area contributed by atoms with E-state index in [1.807, 2.05) is 45.0 Å². The van der Waals surface area contributed by atoms with Gasteiger partial charge >= 0.3 is 0 Å². The van der Waals surface area contributed by atoms with Gasteiger partial charge in [-0.25, -0.2) is 4.98 Å². The molecule has 8 heteroatoms. The summed E-state index contributed by atoms with van der Waals surface area (Å²) in [5.41, 5.74) is 3.09. The lowest BCUT2D eigenvalue weighted by atomic mass is 10.1. The lowest BCUT2D eigenvalue weighted by molar-refractivity contribution is 0.0757. The van der Waals surface area contributed by atoms with Crippen LogP contribution in [0.5, 0.6) is 0 Å². The molecule has 1 aliphatic heterocycles. The van der Waals surface area contributed by atoms with Gasteiger partial charge in [-0.2, -0.15) is 0 Å². The fourth-order valence-corrected chi connectivity index (χ4v) is 4.07. The Morgan fingerprint density at radius 1 is 1.14 bits per heavy atom. The number of ether oxygens (including phenoxy) is 2. The highest BCUT2D eigenvalue weighted by atomic mass is 16.5. The maximum absolute atomic E-state index is 13.6. The number of carbonyl (C=O) groups is 1. The first-order chi connectivity index (χ1) is 16.9. The van der Waals surface area contributed by atoms with Crippen LogP contribution in [0.2, 0.25) is 0 Å². The topological polar surface area (TPSA) is 85.7 Å². The molecule has 0 atom stereocenters. The first kappa shape index (κ1) is 24.9. The number of anilines is 1. The number of carbonyl (C=O) groups excluding carboxylic acids is 1. The van der Waals surface area contributed by atoms with Crippen LogP contribution in [0.4, 0.5) is 5.95 Å². The maximum Gasteiger partial charge on any atom is 0.263 e.